The van der Waals surface area contributed by atoms with Crippen LogP contribution in [0.1, 0.15) is 39.0 Å². The lowest BCUT2D eigenvalue weighted by molar-refractivity contribution is -0.241. The zero-order valence-electron chi connectivity index (χ0n) is 13.8. The summed E-state index contributed by atoms with van der Waals surface area (Å²) in [5, 5.41) is 0. The number of carbonyl (C=O) groups is 1. The molecule has 1 saturated carbocycles. The Morgan fingerprint density at radius 1 is 1.08 bits per heavy atom. The Morgan fingerprint density at radius 3 is 2.25 bits per heavy atom. The fourth-order valence-corrected chi connectivity index (χ4v) is 3.16. The van der Waals surface area contributed by atoms with Crippen LogP contribution >= 0.6 is 0 Å². The van der Waals surface area contributed by atoms with Crippen LogP contribution in [0, 0.1) is 11.8 Å². The Hall–Kier alpha value is -0.860. The van der Waals surface area contributed by atoms with Crippen molar-refractivity contribution in [2.45, 2.75) is 57.6 Å². The minimum absolute atomic E-state index is 0.228. The maximum atomic E-state index is 12.1. The average Bonchev–Trinajstić information content (AvgIpc) is 2.58. The smallest absolute Gasteiger partial charge is 0.454 e. The van der Waals surface area contributed by atoms with Crippen molar-refractivity contribution in [3.05, 3.63) is 0 Å². The molecule has 0 aromatic rings. The van der Waals surface area contributed by atoms with Crippen LogP contribution in [0.25, 0.3) is 0 Å². The number of ether oxygens (including phenoxy) is 4. The molecule has 0 amide bonds. The molecule has 1 aliphatic carbocycles. The van der Waals surface area contributed by atoms with Crippen molar-refractivity contribution in [3.63, 3.8) is 0 Å². The average molecular weight is 354 g/mol. The lowest BCUT2D eigenvalue weighted by atomic mass is 9.79. The van der Waals surface area contributed by atoms with Crippen LogP contribution < -0.4 is 0 Å². The van der Waals surface area contributed by atoms with Gasteiger partial charge in [-0.15, -0.1) is 0 Å². The van der Waals surface area contributed by atoms with Gasteiger partial charge in [0.15, 0.2) is 6.29 Å². The fourth-order valence-electron chi connectivity index (χ4n) is 3.16. The fraction of sp³-hybridized carbons (Fsp3) is 0.938. The molecule has 0 bridgehead atoms. The Kier molecular flexibility index (Phi) is 7.31. The van der Waals surface area contributed by atoms with E-state index in [0.29, 0.717) is 25.2 Å². The highest BCUT2D eigenvalue weighted by atomic mass is 19.4. The highest BCUT2D eigenvalue weighted by molar-refractivity contribution is 5.75. The number of carbonyl (C=O) groups excluding carboxylic acids is 1. The standard InChI is InChI=1S/C16H25F3O5/c1-2-7-21-13-5-3-11(4-6-13)12-8-22-14(23-9-12)10-24-15(20)16(17,18)19/h11-14H,2-10H2,1H3. The molecular weight excluding hydrogens is 329 g/mol. The van der Waals surface area contributed by atoms with Gasteiger partial charge in [-0.05, 0) is 38.0 Å². The second-order valence-corrected chi connectivity index (χ2v) is 6.36. The topological polar surface area (TPSA) is 54.0 Å². The molecule has 0 aromatic carbocycles. The summed E-state index contributed by atoms with van der Waals surface area (Å²) >= 11 is 0. The number of hydrogen-bond acceptors (Lipinski definition) is 5. The third kappa shape index (κ3) is 5.89. The van der Waals surface area contributed by atoms with Gasteiger partial charge >= 0.3 is 12.1 Å². The van der Waals surface area contributed by atoms with Crippen LogP contribution in [0.4, 0.5) is 13.2 Å². The molecule has 5 nitrogen and oxygen atoms in total. The van der Waals surface area contributed by atoms with Crippen molar-refractivity contribution in [2.75, 3.05) is 26.4 Å². The quantitative estimate of drug-likeness (QED) is 0.686. The Labute approximate surface area is 139 Å². The number of rotatable bonds is 6. The molecule has 2 aliphatic rings. The predicted octanol–water partition coefficient (Wildman–Crippen LogP) is 3.07. The molecule has 1 saturated heterocycles. The molecule has 24 heavy (non-hydrogen) atoms. The van der Waals surface area contributed by atoms with Crippen molar-refractivity contribution < 1.29 is 36.9 Å². The van der Waals surface area contributed by atoms with Gasteiger partial charge in [-0.25, -0.2) is 4.79 Å². The van der Waals surface area contributed by atoms with Crippen molar-refractivity contribution in [3.8, 4) is 0 Å². The van der Waals surface area contributed by atoms with E-state index in [-0.39, 0.29) is 5.92 Å². The summed E-state index contributed by atoms with van der Waals surface area (Å²) in [7, 11) is 0. The zero-order valence-corrected chi connectivity index (χ0v) is 13.8. The minimum atomic E-state index is -4.99. The molecule has 2 rings (SSSR count). The van der Waals surface area contributed by atoms with Gasteiger partial charge in [0.25, 0.3) is 0 Å². The van der Waals surface area contributed by atoms with Crippen molar-refractivity contribution in [1.29, 1.82) is 0 Å². The van der Waals surface area contributed by atoms with Crippen molar-refractivity contribution in [2.24, 2.45) is 11.8 Å². The van der Waals surface area contributed by atoms with Gasteiger partial charge in [-0.3, -0.25) is 0 Å². The van der Waals surface area contributed by atoms with Gasteiger partial charge in [0.2, 0.25) is 0 Å². The predicted molar refractivity (Wildman–Crippen MR) is 78.2 cm³/mol. The third-order valence-corrected chi connectivity index (χ3v) is 4.52. The van der Waals surface area contributed by atoms with E-state index in [4.69, 9.17) is 14.2 Å². The molecular formula is C16H25F3O5. The number of hydrogen-bond donors (Lipinski definition) is 0. The highest BCUT2D eigenvalue weighted by Gasteiger charge is 2.41. The summed E-state index contributed by atoms with van der Waals surface area (Å²) in [5.41, 5.74) is 0. The van der Waals surface area contributed by atoms with Gasteiger partial charge in [-0.1, -0.05) is 6.92 Å². The second kappa shape index (κ2) is 9.01. The van der Waals surface area contributed by atoms with E-state index in [0.717, 1.165) is 38.7 Å². The Bertz CT molecular complexity index is 386. The third-order valence-electron chi connectivity index (χ3n) is 4.52. The normalized spacial score (nSPS) is 31.7. The van der Waals surface area contributed by atoms with Crippen molar-refractivity contribution in [1.82, 2.24) is 0 Å². The first-order chi connectivity index (χ1) is 11.4. The maximum absolute atomic E-state index is 12.1. The molecule has 0 aromatic heterocycles. The summed E-state index contributed by atoms with van der Waals surface area (Å²) in [4.78, 5) is 10.7. The van der Waals surface area contributed by atoms with Gasteiger partial charge < -0.3 is 18.9 Å². The Balaban J connectivity index is 1.64. The number of alkyl halides is 3. The summed E-state index contributed by atoms with van der Waals surface area (Å²) in [6.07, 6.45) is -0.432. The maximum Gasteiger partial charge on any atom is 0.490 e. The van der Waals surface area contributed by atoms with E-state index >= 15 is 0 Å². The number of halogens is 3. The second-order valence-electron chi connectivity index (χ2n) is 6.36. The Morgan fingerprint density at radius 2 is 1.71 bits per heavy atom. The zero-order chi connectivity index (χ0) is 17.6. The van der Waals surface area contributed by atoms with Crippen LogP contribution in [0.2, 0.25) is 0 Å². The van der Waals surface area contributed by atoms with E-state index < -0.39 is 25.0 Å². The lowest BCUT2D eigenvalue weighted by Crippen LogP contribution is -2.40. The summed E-state index contributed by atoms with van der Waals surface area (Å²) in [5.74, 6) is -1.51. The molecule has 2 fully saturated rings. The van der Waals surface area contributed by atoms with Gasteiger partial charge in [0, 0.05) is 12.5 Å². The SMILES string of the molecule is CCCOC1CCC(C2COC(COC(=O)C(F)(F)F)OC2)CC1. The number of esters is 1. The molecule has 140 valence electrons. The first kappa shape index (κ1) is 19.5. The van der Waals surface area contributed by atoms with Crippen LogP contribution in [0.3, 0.4) is 0 Å². The molecule has 0 N–H and O–H groups in total. The van der Waals surface area contributed by atoms with E-state index in [9.17, 15) is 18.0 Å². The molecule has 1 aliphatic heterocycles. The minimum Gasteiger partial charge on any atom is -0.454 e. The van der Waals surface area contributed by atoms with Crippen LogP contribution in [0.5, 0.6) is 0 Å². The van der Waals surface area contributed by atoms with Crippen molar-refractivity contribution >= 4 is 5.97 Å². The molecule has 1 heterocycles. The summed E-state index contributed by atoms with van der Waals surface area (Å²) < 4.78 is 56.9. The summed E-state index contributed by atoms with van der Waals surface area (Å²) in [6.45, 7) is 3.18. The molecule has 8 heteroatoms. The molecule has 0 atom stereocenters. The first-order valence-electron chi connectivity index (χ1n) is 8.49. The van der Waals surface area contributed by atoms with Crippen LogP contribution in [-0.2, 0) is 23.7 Å². The largest absolute Gasteiger partial charge is 0.490 e. The summed E-state index contributed by atoms with van der Waals surface area (Å²) in [6, 6.07) is 0. The van der Waals surface area contributed by atoms with E-state index in [2.05, 4.69) is 11.7 Å². The highest BCUT2D eigenvalue weighted by Crippen LogP contribution is 2.33. The van der Waals surface area contributed by atoms with Gasteiger partial charge in [-0.2, -0.15) is 13.2 Å². The van der Waals surface area contributed by atoms with E-state index in [1.54, 1.807) is 0 Å². The van der Waals surface area contributed by atoms with E-state index in [1.165, 1.54) is 0 Å². The molecule has 0 radical (unpaired) electrons. The monoisotopic (exact) mass is 354 g/mol. The van der Waals surface area contributed by atoms with Gasteiger partial charge in [0.05, 0.1) is 19.3 Å². The van der Waals surface area contributed by atoms with Gasteiger partial charge in [0.1, 0.15) is 6.61 Å². The van der Waals surface area contributed by atoms with Crippen LogP contribution in [-0.4, -0.2) is 51.0 Å². The first-order valence-corrected chi connectivity index (χ1v) is 8.49. The van der Waals surface area contributed by atoms with E-state index in [1.807, 2.05) is 0 Å². The van der Waals surface area contributed by atoms with Crippen LogP contribution in [0.15, 0.2) is 0 Å². The molecule has 0 spiro atoms. The lowest BCUT2D eigenvalue weighted by Gasteiger charge is -2.37. The molecule has 0 unspecified atom stereocenters.